The lowest BCUT2D eigenvalue weighted by Crippen LogP contribution is -2.30. The average Bonchev–Trinajstić information content (AvgIpc) is 3.45. The molecular formula is C73H114O6. The van der Waals surface area contributed by atoms with Crippen LogP contribution in [0.3, 0.4) is 0 Å². The third kappa shape index (κ3) is 63.5. The first-order chi connectivity index (χ1) is 39.0. The number of hydrogen-bond donors (Lipinski definition) is 0. The second-order valence-electron chi connectivity index (χ2n) is 20.2. The van der Waals surface area contributed by atoms with E-state index < -0.39 is 12.1 Å². The van der Waals surface area contributed by atoms with Gasteiger partial charge in [-0.1, -0.05) is 262 Å². The van der Waals surface area contributed by atoms with Crippen LogP contribution in [-0.2, 0) is 28.6 Å². The molecule has 0 amide bonds. The molecule has 6 heteroatoms. The number of allylic oxidation sites excluding steroid dienone is 28. The summed E-state index contributed by atoms with van der Waals surface area (Å²) >= 11 is 0. The van der Waals surface area contributed by atoms with Gasteiger partial charge in [0.1, 0.15) is 13.2 Å². The van der Waals surface area contributed by atoms with Crippen molar-refractivity contribution in [3.05, 3.63) is 170 Å². The summed E-state index contributed by atoms with van der Waals surface area (Å²) in [6, 6.07) is 0. The van der Waals surface area contributed by atoms with E-state index in [2.05, 4.69) is 179 Å². The molecule has 0 saturated heterocycles. The van der Waals surface area contributed by atoms with E-state index in [9.17, 15) is 14.4 Å². The van der Waals surface area contributed by atoms with Gasteiger partial charge in [-0.05, 0) is 141 Å². The summed E-state index contributed by atoms with van der Waals surface area (Å²) in [5.41, 5.74) is 0. The summed E-state index contributed by atoms with van der Waals surface area (Å²) < 4.78 is 16.8. The van der Waals surface area contributed by atoms with Crippen molar-refractivity contribution in [1.29, 1.82) is 0 Å². The molecule has 0 saturated carbocycles. The Morgan fingerprint density at radius 3 is 0.835 bits per heavy atom. The zero-order valence-corrected chi connectivity index (χ0v) is 50.6. The van der Waals surface area contributed by atoms with Gasteiger partial charge in [0.25, 0.3) is 0 Å². The van der Waals surface area contributed by atoms with Crippen LogP contribution in [0.2, 0.25) is 0 Å². The van der Waals surface area contributed by atoms with E-state index in [1.165, 1.54) is 57.8 Å². The van der Waals surface area contributed by atoms with Crippen molar-refractivity contribution in [1.82, 2.24) is 0 Å². The first kappa shape index (κ1) is 73.8. The van der Waals surface area contributed by atoms with Gasteiger partial charge in [0.15, 0.2) is 6.10 Å². The van der Waals surface area contributed by atoms with E-state index in [-0.39, 0.29) is 31.6 Å². The lowest BCUT2D eigenvalue weighted by Gasteiger charge is -2.18. The largest absolute Gasteiger partial charge is 0.462 e. The minimum atomic E-state index is -0.836. The van der Waals surface area contributed by atoms with Crippen molar-refractivity contribution >= 4 is 17.9 Å². The molecule has 6 nitrogen and oxygen atoms in total. The highest BCUT2D eigenvalue weighted by molar-refractivity contribution is 5.71. The zero-order chi connectivity index (χ0) is 57.1. The zero-order valence-electron chi connectivity index (χ0n) is 50.6. The molecule has 0 rings (SSSR count). The molecule has 0 aliphatic heterocycles. The quantitative estimate of drug-likeness (QED) is 0.0261. The Kier molecular flexibility index (Phi) is 61.0. The van der Waals surface area contributed by atoms with Crippen LogP contribution in [-0.4, -0.2) is 37.2 Å². The van der Waals surface area contributed by atoms with Gasteiger partial charge in [-0.3, -0.25) is 14.4 Å². The van der Waals surface area contributed by atoms with E-state index in [1.807, 2.05) is 12.2 Å². The van der Waals surface area contributed by atoms with Crippen molar-refractivity contribution in [2.75, 3.05) is 13.2 Å². The van der Waals surface area contributed by atoms with Gasteiger partial charge >= 0.3 is 17.9 Å². The fraction of sp³-hybridized carbons (Fsp3) is 0.575. The number of carbonyl (C=O) groups excluding carboxylic acids is 3. The fourth-order valence-electron chi connectivity index (χ4n) is 8.03. The minimum absolute atomic E-state index is 0.123. The first-order valence-electron chi connectivity index (χ1n) is 31.6. The normalized spacial score (nSPS) is 13.3. The maximum atomic E-state index is 12.9. The molecular weight excluding hydrogens is 973 g/mol. The Balaban J connectivity index is 4.46. The van der Waals surface area contributed by atoms with Crippen LogP contribution in [0, 0.1) is 0 Å². The predicted molar refractivity (Wildman–Crippen MR) is 343 cm³/mol. The second kappa shape index (κ2) is 65.3. The Hall–Kier alpha value is -5.23. The maximum Gasteiger partial charge on any atom is 0.306 e. The van der Waals surface area contributed by atoms with Crippen LogP contribution in [0.15, 0.2) is 170 Å². The SMILES string of the molecule is CC/C=C\C/C=C\C/C=C\C/C=C\C/C=C\C/C=C\C/C=C\CCCCCCCCCC(=O)OCC(COC(=O)CCCCCCC/C=C\CCCCCC)OC(=O)CC/C=C\C/C=C\C/C=C\C/C=C\C/C=C\C/C=C\CC. The van der Waals surface area contributed by atoms with Crippen LogP contribution in [0.25, 0.3) is 0 Å². The van der Waals surface area contributed by atoms with Crippen molar-refractivity contribution in [2.45, 2.75) is 258 Å². The van der Waals surface area contributed by atoms with Gasteiger partial charge in [-0.15, -0.1) is 0 Å². The smallest absolute Gasteiger partial charge is 0.306 e. The standard InChI is InChI=1S/C73H114O6/c1-4-7-10-13-16-19-22-25-27-29-31-32-33-34-35-36-37-38-39-40-42-43-45-48-51-54-57-60-63-66-72(75)78-69-70(68-77-71(74)65-62-59-56-53-50-47-24-21-18-15-12-9-6-3)79-73(76)67-64-61-58-55-52-49-46-44-41-30-28-26-23-20-17-14-11-8-5-2/h7-8,10-11,16-17,19-21,24-28,31-32,34-35,37-38,40-42,44,49,52,58,61,70H,4-6,9,12-15,18,22-23,29-30,33,36,39,43,45-48,50-51,53-57,59-60,62-69H2,1-3H3/b10-7-,11-8-,19-16-,20-17-,24-21-,27-25-,28-26-,32-31-,35-34-,38-37-,42-40-,44-41-,52-49-,61-58-. The van der Waals surface area contributed by atoms with Crippen molar-refractivity contribution < 1.29 is 28.6 Å². The van der Waals surface area contributed by atoms with E-state index >= 15 is 0 Å². The highest BCUT2D eigenvalue weighted by Crippen LogP contribution is 2.13. The summed E-state index contributed by atoms with van der Waals surface area (Å²) in [7, 11) is 0. The van der Waals surface area contributed by atoms with Crippen LogP contribution < -0.4 is 0 Å². The van der Waals surface area contributed by atoms with Gasteiger partial charge in [0, 0.05) is 19.3 Å². The molecule has 0 aliphatic rings. The van der Waals surface area contributed by atoms with Gasteiger partial charge in [-0.25, -0.2) is 0 Å². The fourth-order valence-corrected chi connectivity index (χ4v) is 8.03. The van der Waals surface area contributed by atoms with Crippen LogP contribution in [0.4, 0.5) is 0 Å². The van der Waals surface area contributed by atoms with E-state index in [4.69, 9.17) is 14.2 Å². The summed E-state index contributed by atoms with van der Waals surface area (Å²) in [4.78, 5) is 38.2. The topological polar surface area (TPSA) is 78.9 Å². The Labute approximate surface area is 485 Å². The van der Waals surface area contributed by atoms with Crippen LogP contribution in [0.5, 0.6) is 0 Å². The Bertz CT molecular complexity index is 1820. The van der Waals surface area contributed by atoms with Gasteiger partial charge in [0.05, 0.1) is 0 Å². The summed E-state index contributed by atoms with van der Waals surface area (Å²) in [5.74, 6) is -1.03. The monoisotopic (exact) mass is 1090 g/mol. The Morgan fingerprint density at radius 2 is 0.519 bits per heavy atom. The molecule has 0 aromatic heterocycles. The summed E-state index contributed by atoms with van der Waals surface area (Å²) in [6.07, 6.45) is 96.5. The molecule has 0 N–H and O–H groups in total. The number of ether oxygens (including phenoxy) is 3. The second-order valence-corrected chi connectivity index (χ2v) is 20.2. The molecule has 0 aliphatic carbocycles. The Morgan fingerprint density at radius 1 is 0.266 bits per heavy atom. The third-order valence-electron chi connectivity index (χ3n) is 12.7. The van der Waals surface area contributed by atoms with Crippen molar-refractivity contribution in [3.8, 4) is 0 Å². The number of rotatable bonds is 55. The summed E-state index contributed by atoms with van der Waals surface area (Å²) in [6.45, 7) is 6.31. The first-order valence-corrected chi connectivity index (χ1v) is 31.6. The average molecular weight is 1090 g/mol. The molecule has 0 radical (unpaired) electrons. The molecule has 1 unspecified atom stereocenters. The lowest BCUT2D eigenvalue weighted by molar-refractivity contribution is -0.166. The lowest BCUT2D eigenvalue weighted by atomic mass is 10.1. The molecule has 0 bridgehead atoms. The molecule has 0 aromatic carbocycles. The molecule has 0 fully saturated rings. The molecule has 79 heavy (non-hydrogen) atoms. The van der Waals surface area contributed by atoms with Gasteiger partial charge in [0.2, 0.25) is 0 Å². The van der Waals surface area contributed by atoms with Crippen molar-refractivity contribution in [2.24, 2.45) is 0 Å². The predicted octanol–water partition coefficient (Wildman–Crippen LogP) is 21.9. The van der Waals surface area contributed by atoms with Gasteiger partial charge in [-0.2, -0.15) is 0 Å². The minimum Gasteiger partial charge on any atom is -0.462 e. The molecule has 442 valence electrons. The van der Waals surface area contributed by atoms with E-state index in [0.29, 0.717) is 19.3 Å². The van der Waals surface area contributed by atoms with Crippen LogP contribution in [0.1, 0.15) is 252 Å². The van der Waals surface area contributed by atoms with E-state index in [0.717, 1.165) is 148 Å². The van der Waals surface area contributed by atoms with Crippen molar-refractivity contribution in [3.63, 3.8) is 0 Å². The summed E-state index contributed by atoms with van der Waals surface area (Å²) in [5, 5.41) is 0. The van der Waals surface area contributed by atoms with E-state index in [1.54, 1.807) is 0 Å². The number of carbonyl (C=O) groups is 3. The molecule has 0 spiro atoms. The van der Waals surface area contributed by atoms with Gasteiger partial charge < -0.3 is 14.2 Å². The molecule has 1 atom stereocenters. The number of unbranched alkanes of at least 4 members (excludes halogenated alkanes) is 16. The highest BCUT2D eigenvalue weighted by Gasteiger charge is 2.19. The van der Waals surface area contributed by atoms with Crippen LogP contribution >= 0.6 is 0 Å². The maximum absolute atomic E-state index is 12.9. The molecule has 0 aromatic rings. The third-order valence-corrected chi connectivity index (χ3v) is 12.7. The number of hydrogen-bond acceptors (Lipinski definition) is 6. The highest BCUT2D eigenvalue weighted by atomic mass is 16.6. The molecule has 0 heterocycles. The number of esters is 3.